The van der Waals surface area contributed by atoms with E-state index in [1.165, 1.54) is 11.8 Å². The monoisotopic (exact) mass is 350 g/mol. The summed E-state index contributed by atoms with van der Waals surface area (Å²) >= 11 is 0. The number of nitrogens with zero attached hydrogens (tertiary/aromatic N) is 1. The number of hydrogen-bond acceptors (Lipinski definition) is 5. The minimum atomic E-state index is -0.406. The van der Waals surface area contributed by atoms with Crippen LogP contribution in [0, 0.1) is 13.8 Å². The highest BCUT2D eigenvalue weighted by Gasteiger charge is 2.19. The summed E-state index contributed by atoms with van der Waals surface area (Å²) in [6, 6.07) is 11.8. The van der Waals surface area contributed by atoms with Crippen LogP contribution in [0.1, 0.15) is 28.4 Å². The van der Waals surface area contributed by atoms with Gasteiger partial charge in [0.15, 0.2) is 0 Å². The Bertz CT molecular complexity index is 967. The molecule has 3 rings (SSSR count). The van der Waals surface area contributed by atoms with E-state index in [2.05, 4.69) is 16.4 Å². The molecule has 0 atom stereocenters. The number of nitrogens with one attached hydrogen (secondary N) is 1. The Labute approximate surface area is 153 Å². The molecule has 0 aliphatic heterocycles. The van der Waals surface area contributed by atoms with Crippen molar-refractivity contribution >= 4 is 28.2 Å². The van der Waals surface area contributed by atoms with Crippen LogP contribution in [-0.2, 0) is 4.74 Å². The summed E-state index contributed by atoms with van der Waals surface area (Å²) in [5.41, 5.74) is 4.95. The van der Waals surface area contributed by atoms with Gasteiger partial charge in [-0.2, -0.15) is 0 Å². The zero-order valence-corrected chi connectivity index (χ0v) is 15.4. The zero-order chi connectivity index (χ0) is 18.7. The molecule has 26 heavy (non-hydrogen) atoms. The molecule has 1 heterocycles. The smallest absolute Gasteiger partial charge is 0.341 e. The fourth-order valence-corrected chi connectivity index (χ4v) is 2.95. The van der Waals surface area contributed by atoms with Gasteiger partial charge in [-0.3, -0.25) is 4.98 Å². The lowest BCUT2D eigenvalue weighted by Crippen LogP contribution is -2.10. The Morgan fingerprint density at radius 1 is 1.19 bits per heavy atom. The Morgan fingerprint density at radius 2 is 2.00 bits per heavy atom. The first kappa shape index (κ1) is 17.7. The van der Waals surface area contributed by atoms with E-state index in [9.17, 15) is 4.79 Å². The van der Waals surface area contributed by atoms with E-state index in [4.69, 9.17) is 9.47 Å². The number of anilines is 2. The molecular formula is C21H22N2O3. The van der Waals surface area contributed by atoms with Gasteiger partial charge in [-0.25, -0.2) is 4.79 Å². The number of esters is 1. The van der Waals surface area contributed by atoms with Crippen molar-refractivity contribution < 1.29 is 14.3 Å². The number of ether oxygens (including phenoxy) is 2. The molecule has 0 bridgehead atoms. The van der Waals surface area contributed by atoms with Crippen LogP contribution in [0.2, 0.25) is 0 Å². The van der Waals surface area contributed by atoms with Gasteiger partial charge in [0.05, 0.1) is 19.4 Å². The predicted octanol–water partition coefficient (Wildman–Crippen LogP) is 4.78. The first-order valence-corrected chi connectivity index (χ1v) is 8.52. The van der Waals surface area contributed by atoms with Crippen molar-refractivity contribution in [3.8, 4) is 5.75 Å². The molecule has 5 nitrogen and oxygen atoms in total. The zero-order valence-electron chi connectivity index (χ0n) is 15.4. The van der Waals surface area contributed by atoms with E-state index in [1.54, 1.807) is 14.0 Å². The van der Waals surface area contributed by atoms with Crippen molar-refractivity contribution in [1.82, 2.24) is 4.98 Å². The maximum Gasteiger partial charge on any atom is 0.341 e. The SMILES string of the molecule is CCOC(=O)c1cnc2c(OC)cccc2c1Nc1ccc(C)cc1C. The molecule has 0 amide bonds. The van der Waals surface area contributed by atoms with Crippen molar-refractivity contribution in [2.24, 2.45) is 0 Å². The van der Waals surface area contributed by atoms with Crippen molar-refractivity contribution in [2.75, 3.05) is 19.0 Å². The fourth-order valence-electron chi connectivity index (χ4n) is 2.95. The van der Waals surface area contributed by atoms with E-state index < -0.39 is 5.97 Å². The molecule has 0 saturated heterocycles. The van der Waals surface area contributed by atoms with Crippen LogP contribution in [0.25, 0.3) is 10.9 Å². The van der Waals surface area contributed by atoms with Gasteiger partial charge in [0, 0.05) is 17.3 Å². The highest BCUT2D eigenvalue weighted by atomic mass is 16.5. The van der Waals surface area contributed by atoms with E-state index in [-0.39, 0.29) is 0 Å². The molecule has 134 valence electrons. The van der Waals surface area contributed by atoms with Gasteiger partial charge in [-0.05, 0) is 38.5 Å². The number of rotatable bonds is 5. The predicted molar refractivity (Wildman–Crippen MR) is 103 cm³/mol. The number of aromatic nitrogens is 1. The van der Waals surface area contributed by atoms with Gasteiger partial charge in [0.2, 0.25) is 0 Å². The molecular weight excluding hydrogens is 328 g/mol. The third-order valence-corrected chi connectivity index (χ3v) is 4.22. The van der Waals surface area contributed by atoms with E-state index in [1.807, 2.05) is 44.2 Å². The molecule has 2 aromatic carbocycles. The summed E-state index contributed by atoms with van der Waals surface area (Å²) in [5.74, 6) is 0.249. The molecule has 5 heteroatoms. The van der Waals surface area contributed by atoms with Crippen LogP contribution >= 0.6 is 0 Å². The number of carbonyl (C=O) groups is 1. The second-order valence-corrected chi connectivity index (χ2v) is 6.07. The van der Waals surface area contributed by atoms with Crippen LogP contribution in [0.3, 0.4) is 0 Å². The minimum Gasteiger partial charge on any atom is -0.494 e. The second-order valence-electron chi connectivity index (χ2n) is 6.07. The van der Waals surface area contributed by atoms with E-state index in [0.29, 0.717) is 29.1 Å². The number of methoxy groups -OCH3 is 1. The standard InChI is InChI=1S/C21H22N2O3/c1-5-26-21(24)16-12-22-20-15(7-6-8-18(20)25-4)19(16)23-17-10-9-13(2)11-14(17)3/h6-12H,5H2,1-4H3,(H,22,23). The topological polar surface area (TPSA) is 60.5 Å². The molecule has 0 aliphatic rings. The largest absolute Gasteiger partial charge is 0.494 e. The van der Waals surface area contributed by atoms with Crippen molar-refractivity contribution in [3.05, 3.63) is 59.3 Å². The second kappa shape index (κ2) is 7.44. The lowest BCUT2D eigenvalue weighted by molar-refractivity contribution is 0.0527. The molecule has 0 spiro atoms. The van der Waals surface area contributed by atoms with Crippen molar-refractivity contribution in [3.63, 3.8) is 0 Å². The van der Waals surface area contributed by atoms with Crippen LogP contribution in [0.5, 0.6) is 5.75 Å². The average molecular weight is 350 g/mol. The molecule has 0 radical (unpaired) electrons. The van der Waals surface area contributed by atoms with Gasteiger partial charge in [0.1, 0.15) is 16.8 Å². The summed E-state index contributed by atoms with van der Waals surface area (Å²) < 4.78 is 10.6. The lowest BCUT2D eigenvalue weighted by atomic mass is 10.1. The number of para-hydroxylation sites is 1. The number of pyridine rings is 1. The molecule has 0 saturated carbocycles. The van der Waals surface area contributed by atoms with Gasteiger partial charge in [-0.1, -0.05) is 29.8 Å². The van der Waals surface area contributed by atoms with Crippen LogP contribution in [-0.4, -0.2) is 24.7 Å². The number of benzene rings is 2. The summed E-state index contributed by atoms with van der Waals surface area (Å²) in [5, 5.41) is 4.21. The Balaban J connectivity index is 2.21. The molecule has 1 N–H and O–H groups in total. The van der Waals surface area contributed by atoms with Crippen LogP contribution in [0.15, 0.2) is 42.6 Å². The van der Waals surface area contributed by atoms with Gasteiger partial charge < -0.3 is 14.8 Å². The summed E-state index contributed by atoms with van der Waals surface area (Å²) in [6.45, 7) is 6.17. The van der Waals surface area contributed by atoms with Gasteiger partial charge >= 0.3 is 5.97 Å². The minimum absolute atomic E-state index is 0.304. The van der Waals surface area contributed by atoms with Gasteiger partial charge in [-0.15, -0.1) is 0 Å². The number of hydrogen-bond donors (Lipinski definition) is 1. The quantitative estimate of drug-likeness (QED) is 0.671. The van der Waals surface area contributed by atoms with Crippen molar-refractivity contribution in [1.29, 1.82) is 0 Å². The normalized spacial score (nSPS) is 10.6. The van der Waals surface area contributed by atoms with Gasteiger partial charge in [0.25, 0.3) is 0 Å². The van der Waals surface area contributed by atoms with Crippen molar-refractivity contribution in [2.45, 2.75) is 20.8 Å². The average Bonchev–Trinajstić information content (AvgIpc) is 2.63. The van der Waals surface area contributed by atoms with Crippen LogP contribution < -0.4 is 10.1 Å². The summed E-state index contributed by atoms with van der Waals surface area (Å²) in [6.07, 6.45) is 1.54. The maximum absolute atomic E-state index is 12.5. The number of carbonyl (C=O) groups excluding carboxylic acids is 1. The number of aryl methyl sites for hydroxylation is 2. The van der Waals surface area contributed by atoms with E-state index >= 15 is 0 Å². The molecule has 1 aromatic heterocycles. The third kappa shape index (κ3) is 3.33. The molecule has 0 fully saturated rings. The highest BCUT2D eigenvalue weighted by molar-refractivity contribution is 6.07. The Hall–Kier alpha value is -3.08. The first-order chi connectivity index (χ1) is 12.5. The summed E-state index contributed by atoms with van der Waals surface area (Å²) in [4.78, 5) is 16.9. The molecule has 3 aromatic rings. The number of fused-ring (bicyclic) bond motifs is 1. The molecule has 0 unspecified atom stereocenters. The molecule has 0 aliphatic carbocycles. The van der Waals surface area contributed by atoms with E-state index in [0.717, 1.165) is 16.6 Å². The maximum atomic E-state index is 12.5. The highest BCUT2D eigenvalue weighted by Crippen LogP contribution is 2.34. The Kier molecular flexibility index (Phi) is 5.07. The first-order valence-electron chi connectivity index (χ1n) is 8.52. The third-order valence-electron chi connectivity index (χ3n) is 4.22. The lowest BCUT2D eigenvalue weighted by Gasteiger charge is -2.16. The Morgan fingerprint density at radius 3 is 2.69 bits per heavy atom. The fraction of sp³-hybridized carbons (Fsp3) is 0.238. The van der Waals surface area contributed by atoms with Crippen LogP contribution in [0.4, 0.5) is 11.4 Å². The summed E-state index contributed by atoms with van der Waals surface area (Å²) in [7, 11) is 1.60.